The first-order chi connectivity index (χ1) is 8.83. The topological polar surface area (TPSA) is 24.9 Å². The lowest BCUT2D eigenvalue weighted by Crippen LogP contribution is -2.00. The SMILES string of the molecule is Brc1csc(CNc2nccc3ccccc23)c1. The molecule has 0 fully saturated rings. The zero-order valence-electron chi connectivity index (χ0n) is 9.56. The highest BCUT2D eigenvalue weighted by atomic mass is 79.9. The number of hydrogen-bond acceptors (Lipinski definition) is 3. The fraction of sp³-hybridized carbons (Fsp3) is 0.0714. The number of thiophene rings is 1. The average Bonchev–Trinajstić information content (AvgIpc) is 2.82. The number of anilines is 1. The van der Waals surface area contributed by atoms with Gasteiger partial charge in [0.05, 0.1) is 6.54 Å². The summed E-state index contributed by atoms with van der Waals surface area (Å²) in [5, 5.41) is 7.86. The smallest absolute Gasteiger partial charge is 0.134 e. The molecule has 2 aromatic heterocycles. The molecule has 0 atom stereocenters. The third-order valence-electron chi connectivity index (χ3n) is 2.73. The summed E-state index contributed by atoms with van der Waals surface area (Å²) in [6.07, 6.45) is 1.84. The minimum atomic E-state index is 0.803. The molecule has 0 aliphatic carbocycles. The van der Waals surface area contributed by atoms with Crippen LogP contribution in [-0.2, 0) is 6.54 Å². The summed E-state index contributed by atoms with van der Waals surface area (Å²) in [5.74, 6) is 0.942. The fourth-order valence-electron chi connectivity index (χ4n) is 1.88. The van der Waals surface area contributed by atoms with Crippen LogP contribution >= 0.6 is 27.3 Å². The molecule has 3 rings (SSSR count). The average molecular weight is 319 g/mol. The van der Waals surface area contributed by atoms with Crippen molar-refractivity contribution < 1.29 is 0 Å². The molecule has 0 unspecified atom stereocenters. The van der Waals surface area contributed by atoms with Gasteiger partial charge >= 0.3 is 0 Å². The Balaban J connectivity index is 1.86. The normalized spacial score (nSPS) is 10.7. The van der Waals surface area contributed by atoms with Gasteiger partial charge < -0.3 is 5.32 Å². The molecule has 0 aliphatic rings. The van der Waals surface area contributed by atoms with E-state index < -0.39 is 0 Å². The summed E-state index contributed by atoms with van der Waals surface area (Å²) in [7, 11) is 0. The zero-order chi connectivity index (χ0) is 12.4. The summed E-state index contributed by atoms with van der Waals surface area (Å²) >= 11 is 5.20. The number of pyridine rings is 1. The van der Waals surface area contributed by atoms with E-state index in [0.717, 1.165) is 22.2 Å². The van der Waals surface area contributed by atoms with E-state index in [1.54, 1.807) is 11.3 Å². The quantitative estimate of drug-likeness (QED) is 0.759. The van der Waals surface area contributed by atoms with Crippen molar-refractivity contribution in [3.8, 4) is 0 Å². The van der Waals surface area contributed by atoms with Crippen LogP contribution in [0.15, 0.2) is 52.4 Å². The monoisotopic (exact) mass is 318 g/mol. The summed E-state index contributed by atoms with van der Waals surface area (Å²) in [6.45, 7) is 0.803. The van der Waals surface area contributed by atoms with Crippen LogP contribution in [-0.4, -0.2) is 4.98 Å². The van der Waals surface area contributed by atoms with Crippen molar-refractivity contribution in [1.29, 1.82) is 0 Å². The molecule has 1 aromatic carbocycles. The van der Waals surface area contributed by atoms with Gasteiger partial charge in [-0.1, -0.05) is 24.3 Å². The predicted molar refractivity (Wildman–Crippen MR) is 81.1 cm³/mol. The maximum atomic E-state index is 4.41. The van der Waals surface area contributed by atoms with E-state index in [2.05, 4.69) is 49.8 Å². The van der Waals surface area contributed by atoms with Crippen LogP contribution in [0.4, 0.5) is 5.82 Å². The number of rotatable bonds is 3. The molecule has 0 saturated heterocycles. The Morgan fingerprint density at radius 1 is 1.22 bits per heavy atom. The van der Waals surface area contributed by atoms with E-state index in [9.17, 15) is 0 Å². The Hall–Kier alpha value is -1.39. The maximum absolute atomic E-state index is 4.41. The van der Waals surface area contributed by atoms with Crippen LogP contribution in [0.1, 0.15) is 4.88 Å². The van der Waals surface area contributed by atoms with Crippen LogP contribution in [0.3, 0.4) is 0 Å². The molecular formula is C14H11BrN2S. The first-order valence-electron chi connectivity index (χ1n) is 5.63. The van der Waals surface area contributed by atoms with Crippen molar-refractivity contribution in [3.05, 3.63) is 57.3 Å². The van der Waals surface area contributed by atoms with Gasteiger partial charge in [0.1, 0.15) is 5.82 Å². The molecule has 0 spiro atoms. The number of nitrogens with one attached hydrogen (secondary N) is 1. The van der Waals surface area contributed by atoms with Crippen LogP contribution in [0.5, 0.6) is 0 Å². The Morgan fingerprint density at radius 3 is 2.94 bits per heavy atom. The number of aromatic nitrogens is 1. The standard InChI is InChI=1S/C14H11BrN2S/c15-11-7-12(18-9-11)8-17-14-13-4-2-1-3-10(13)5-6-16-14/h1-7,9H,8H2,(H,16,17). The van der Waals surface area contributed by atoms with Crippen molar-refractivity contribution in [3.63, 3.8) is 0 Å². The zero-order valence-corrected chi connectivity index (χ0v) is 12.0. The Morgan fingerprint density at radius 2 is 2.11 bits per heavy atom. The maximum Gasteiger partial charge on any atom is 0.134 e. The largest absolute Gasteiger partial charge is 0.365 e. The Labute approximate surface area is 118 Å². The van der Waals surface area contributed by atoms with Gasteiger partial charge in [0.15, 0.2) is 0 Å². The van der Waals surface area contributed by atoms with E-state index in [-0.39, 0.29) is 0 Å². The summed E-state index contributed by atoms with van der Waals surface area (Å²) in [5.41, 5.74) is 0. The number of nitrogens with zero attached hydrogens (tertiary/aromatic N) is 1. The van der Waals surface area contributed by atoms with Gasteiger partial charge in [-0.05, 0) is 33.4 Å². The fourth-order valence-corrected chi connectivity index (χ4v) is 3.27. The van der Waals surface area contributed by atoms with E-state index in [0.29, 0.717) is 0 Å². The van der Waals surface area contributed by atoms with E-state index in [1.165, 1.54) is 10.3 Å². The molecule has 0 radical (unpaired) electrons. The first-order valence-corrected chi connectivity index (χ1v) is 7.31. The third-order valence-corrected chi connectivity index (χ3v) is 4.42. The van der Waals surface area contributed by atoms with Crippen LogP contribution in [0.25, 0.3) is 10.8 Å². The molecule has 2 nitrogen and oxygen atoms in total. The van der Waals surface area contributed by atoms with Gasteiger partial charge in [-0.3, -0.25) is 0 Å². The summed E-state index contributed by atoms with van der Waals surface area (Å²) < 4.78 is 1.13. The molecule has 2 heterocycles. The highest BCUT2D eigenvalue weighted by Gasteiger charge is 2.02. The van der Waals surface area contributed by atoms with Gasteiger partial charge in [-0.2, -0.15) is 0 Å². The second-order valence-corrected chi connectivity index (χ2v) is 5.88. The minimum Gasteiger partial charge on any atom is -0.365 e. The van der Waals surface area contributed by atoms with Gasteiger partial charge in [-0.25, -0.2) is 4.98 Å². The molecule has 0 aliphatic heterocycles. The van der Waals surface area contributed by atoms with Crippen molar-refractivity contribution in [2.75, 3.05) is 5.32 Å². The lowest BCUT2D eigenvalue weighted by molar-refractivity contribution is 1.15. The van der Waals surface area contributed by atoms with Crippen molar-refractivity contribution in [2.24, 2.45) is 0 Å². The van der Waals surface area contributed by atoms with Crippen molar-refractivity contribution >= 4 is 43.9 Å². The van der Waals surface area contributed by atoms with Crippen LogP contribution < -0.4 is 5.32 Å². The number of hydrogen-bond donors (Lipinski definition) is 1. The molecular weight excluding hydrogens is 308 g/mol. The molecule has 3 aromatic rings. The Bertz CT molecular complexity index is 673. The molecule has 1 N–H and O–H groups in total. The number of halogens is 1. The second kappa shape index (κ2) is 5.08. The number of fused-ring (bicyclic) bond motifs is 1. The highest BCUT2D eigenvalue weighted by Crippen LogP contribution is 2.23. The predicted octanol–water partition coefficient (Wildman–Crippen LogP) is 4.67. The first kappa shape index (κ1) is 11.7. The van der Waals surface area contributed by atoms with Crippen LogP contribution in [0, 0.1) is 0 Å². The van der Waals surface area contributed by atoms with Gasteiger partial charge in [0.2, 0.25) is 0 Å². The van der Waals surface area contributed by atoms with Crippen molar-refractivity contribution in [2.45, 2.75) is 6.54 Å². The summed E-state index contributed by atoms with van der Waals surface area (Å²) in [6, 6.07) is 12.4. The number of benzene rings is 1. The van der Waals surface area contributed by atoms with Crippen molar-refractivity contribution in [1.82, 2.24) is 4.98 Å². The third kappa shape index (κ3) is 2.40. The van der Waals surface area contributed by atoms with Crippen LogP contribution in [0.2, 0.25) is 0 Å². The van der Waals surface area contributed by atoms with E-state index in [1.807, 2.05) is 24.4 Å². The molecule has 4 heteroatoms. The lowest BCUT2D eigenvalue weighted by Gasteiger charge is -2.07. The molecule has 90 valence electrons. The molecule has 0 amide bonds. The van der Waals surface area contributed by atoms with E-state index in [4.69, 9.17) is 0 Å². The molecule has 18 heavy (non-hydrogen) atoms. The second-order valence-electron chi connectivity index (χ2n) is 3.97. The highest BCUT2D eigenvalue weighted by molar-refractivity contribution is 9.10. The van der Waals surface area contributed by atoms with Gasteiger partial charge in [-0.15, -0.1) is 11.3 Å². The molecule has 0 bridgehead atoms. The van der Waals surface area contributed by atoms with E-state index >= 15 is 0 Å². The van der Waals surface area contributed by atoms with Gasteiger partial charge in [0, 0.05) is 26.3 Å². The minimum absolute atomic E-state index is 0.803. The molecule has 0 saturated carbocycles. The lowest BCUT2D eigenvalue weighted by atomic mass is 10.1. The summed E-state index contributed by atoms with van der Waals surface area (Å²) in [4.78, 5) is 5.70. The Kier molecular flexibility index (Phi) is 3.30. The van der Waals surface area contributed by atoms with Gasteiger partial charge in [0.25, 0.3) is 0 Å².